The topological polar surface area (TPSA) is 61.4 Å². The van der Waals surface area contributed by atoms with Gasteiger partial charge in [0, 0.05) is 32.7 Å². The molecule has 10 heteroatoms. The van der Waals surface area contributed by atoms with Crippen LogP contribution in [-0.2, 0) is 10.0 Å². The highest BCUT2D eigenvalue weighted by Gasteiger charge is 2.44. The molecule has 1 aliphatic rings. The summed E-state index contributed by atoms with van der Waals surface area (Å²) in [6.07, 6.45) is -4.50. The molecule has 0 aliphatic carbocycles. The summed E-state index contributed by atoms with van der Waals surface area (Å²) in [7, 11) is -4.00. The summed E-state index contributed by atoms with van der Waals surface area (Å²) < 4.78 is 67.0. The maximum absolute atomic E-state index is 13.4. The third-order valence-corrected chi connectivity index (χ3v) is 5.69. The van der Waals surface area contributed by atoms with Gasteiger partial charge in [0.25, 0.3) is 0 Å². The fourth-order valence-corrected chi connectivity index (χ4v) is 3.85. The Morgan fingerprint density at radius 1 is 1.23 bits per heavy atom. The molecule has 2 rings (SSSR count). The van der Waals surface area contributed by atoms with Crippen LogP contribution in [0.1, 0.15) is 25.3 Å². The highest BCUT2D eigenvalue weighted by molar-refractivity contribution is 7.89. The number of alkyl halides is 3. The Labute approximate surface area is 158 Å². The fourth-order valence-electron chi connectivity index (χ4n) is 2.76. The zero-order valence-electron chi connectivity index (χ0n) is 14.7. The monoisotopic (exact) mass is 415 g/mol. The van der Waals surface area contributed by atoms with E-state index in [1.807, 2.05) is 13.8 Å². The molecule has 0 aromatic heterocycles. The van der Waals surface area contributed by atoms with Crippen molar-refractivity contribution in [1.29, 1.82) is 0 Å². The SMILES string of the molecule is CC(C)c1cccc(S(=O)(=O)NCC(N2CCNCC2)C(F)(F)F)c1.Cl. The van der Waals surface area contributed by atoms with Crippen LogP contribution in [0, 0.1) is 0 Å². The highest BCUT2D eigenvalue weighted by atomic mass is 35.5. The highest BCUT2D eigenvalue weighted by Crippen LogP contribution is 2.25. The van der Waals surface area contributed by atoms with Gasteiger partial charge in [-0.1, -0.05) is 26.0 Å². The van der Waals surface area contributed by atoms with Crippen LogP contribution in [0.4, 0.5) is 13.2 Å². The molecule has 1 unspecified atom stereocenters. The number of sulfonamides is 1. The van der Waals surface area contributed by atoms with Crippen molar-refractivity contribution >= 4 is 22.4 Å². The van der Waals surface area contributed by atoms with E-state index in [1.54, 1.807) is 12.1 Å². The maximum atomic E-state index is 13.4. The molecule has 0 radical (unpaired) electrons. The molecule has 0 saturated carbocycles. The number of piperazine rings is 1. The first-order valence-electron chi connectivity index (χ1n) is 8.22. The smallest absolute Gasteiger partial charge is 0.314 e. The van der Waals surface area contributed by atoms with Gasteiger partial charge in [0.2, 0.25) is 10.0 Å². The molecule has 0 bridgehead atoms. The quantitative estimate of drug-likeness (QED) is 0.748. The number of benzene rings is 1. The maximum Gasteiger partial charge on any atom is 0.405 e. The molecule has 1 atom stereocenters. The standard InChI is InChI=1S/C16H24F3N3O2S.ClH/c1-12(2)13-4-3-5-14(10-13)25(23,24)21-11-15(16(17,18)19)22-8-6-20-7-9-22;/h3-5,10,12,15,20-21H,6-9,11H2,1-2H3;1H. The molecule has 2 N–H and O–H groups in total. The van der Waals surface area contributed by atoms with Gasteiger partial charge in [-0.25, -0.2) is 13.1 Å². The van der Waals surface area contributed by atoms with Gasteiger partial charge in [-0.3, -0.25) is 4.90 Å². The lowest BCUT2D eigenvalue weighted by atomic mass is 10.0. The normalized spacial score (nSPS) is 17.8. The van der Waals surface area contributed by atoms with Crippen LogP contribution < -0.4 is 10.0 Å². The Hall–Kier alpha value is -0.870. The molecule has 0 spiro atoms. The van der Waals surface area contributed by atoms with Crippen molar-refractivity contribution in [3.63, 3.8) is 0 Å². The van der Waals surface area contributed by atoms with Crippen LogP contribution in [0.15, 0.2) is 29.2 Å². The Balaban J connectivity index is 0.00000338. The van der Waals surface area contributed by atoms with E-state index >= 15 is 0 Å². The van der Waals surface area contributed by atoms with Crippen LogP contribution in [0.5, 0.6) is 0 Å². The summed E-state index contributed by atoms with van der Waals surface area (Å²) >= 11 is 0. The van der Waals surface area contributed by atoms with Crippen molar-refractivity contribution in [2.45, 2.75) is 36.9 Å². The van der Waals surface area contributed by atoms with Crippen molar-refractivity contribution < 1.29 is 21.6 Å². The summed E-state index contributed by atoms with van der Waals surface area (Å²) in [6.45, 7) is 4.51. The zero-order valence-corrected chi connectivity index (χ0v) is 16.3. The van der Waals surface area contributed by atoms with E-state index in [4.69, 9.17) is 0 Å². The number of hydrogen-bond acceptors (Lipinski definition) is 4. The third-order valence-electron chi connectivity index (χ3n) is 4.27. The molecule has 0 amide bonds. The van der Waals surface area contributed by atoms with Gasteiger partial charge in [-0.15, -0.1) is 12.4 Å². The lowest BCUT2D eigenvalue weighted by Gasteiger charge is -2.35. The predicted octanol–water partition coefficient (Wildman–Crippen LogP) is 2.35. The number of rotatable bonds is 6. The second-order valence-corrected chi connectivity index (χ2v) is 8.19. The van der Waals surface area contributed by atoms with Gasteiger partial charge in [0.05, 0.1) is 4.90 Å². The molecular weight excluding hydrogens is 391 g/mol. The van der Waals surface area contributed by atoms with E-state index in [2.05, 4.69) is 10.0 Å². The van der Waals surface area contributed by atoms with Gasteiger partial charge < -0.3 is 5.32 Å². The van der Waals surface area contributed by atoms with Crippen molar-refractivity contribution in [2.24, 2.45) is 0 Å². The third kappa shape index (κ3) is 6.09. The van der Waals surface area contributed by atoms with Crippen LogP contribution in [0.25, 0.3) is 0 Å². The van der Waals surface area contributed by atoms with Crippen molar-refractivity contribution in [3.05, 3.63) is 29.8 Å². The summed E-state index contributed by atoms with van der Waals surface area (Å²) in [4.78, 5) is 1.25. The molecule has 5 nitrogen and oxygen atoms in total. The summed E-state index contributed by atoms with van der Waals surface area (Å²) in [6, 6.07) is 4.45. The predicted molar refractivity (Wildman–Crippen MR) is 97.3 cm³/mol. The fraction of sp³-hybridized carbons (Fsp3) is 0.625. The lowest BCUT2D eigenvalue weighted by molar-refractivity contribution is -0.182. The van der Waals surface area contributed by atoms with Gasteiger partial charge in [0.1, 0.15) is 6.04 Å². The molecule has 150 valence electrons. The molecule has 1 aliphatic heterocycles. The summed E-state index contributed by atoms with van der Waals surface area (Å²) in [5, 5.41) is 2.99. The summed E-state index contributed by atoms with van der Waals surface area (Å²) in [5.41, 5.74) is 0.817. The minimum absolute atomic E-state index is 0. The molecule has 1 fully saturated rings. The van der Waals surface area contributed by atoms with E-state index in [0.29, 0.717) is 13.1 Å². The largest absolute Gasteiger partial charge is 0.405 e. The van der Waals surface area contributed by atoms with Crippen LogP contribution >= 0.6 is 12.4 Å². The van der Waals surface area contributed by atoms with E-state index < -0.39 is 28.8 Å². The number of nitrogens with one attached hydrogen (secondary N) is 2. The Bertz CT molecular complexity index is 678. The van der Waals surface area contributed by atoms with E-state index in [0.717, 1.165) is 5.56 Å². The minimum atomic E-state index is -4.50. The molecule has 1 heterocycles. The first-order chi connectivity index (χ1) is 11.6. The van der Waals surface area contributed by atoms with E-state index in [9.17, 15) is 21.6 Å². The average Bonchev–Trinajstić information content (AvgIpc) is 2.54. The first-order valence-corrected chi connectivity index (χ1v) is 9.70. The molecule has 1 aromatic rings. The van der Waals surface area contributed by atoms with Gasteiger partial charge in [-0.2, -0.15) is 13.2 Å². The first kappa shape index (κ1) is 23.2. The Morgan fingerprint density at radius 3 is 2.38 bits per heavy atom. The number of halogens is 4. The van der Waals surface area contributed by atoms with Gasteiger partial charge >= 0.3 is 6.18 Å². The van der Waals surface area contributed by atoms with E-state index in [1.165, 1.54) is 17.0 Å². The number of hydrogen-bond donors (Lipinski definition) is 2. The minimum Gasteiger partial charge on any atom is -0.314 e. The van der Waals surface area contributed by atoms with Crippen molar-refractivity contribution in [1.82, 2.24) is 14.9 Å². The van der Waals surface area contributed by atoms with Gasteiger partial charge in [-0.05, 0) is 23.6 Å². The van der Waals surface area contributed by atoms with Crippen LogP contribution in [0.2, 0.25) is 0 Å². The van der Waals surface area contributed by atoms with Crippen LogP contribution in [0.3, 0.4) is 0 Å². The van der Waals surface area contributed by atoms with Crippen molar-refractivity contribution in [3.8, 4) is 0 Å². The molecule has 26 heavy (non-hydrogen) atoms. The van der Waals surface area contributed by atoms with E-state index in [-0.39, 0.29) is 36.3 Å². The second kappa shape index (κ2) is 9.36. The summed E-state index contributed by atoms with van der Waals surface area (Å²) in [5.74, 6) is 0.124. The Morgan fingerprint density at radius 2 is 1.85 bits per heavy atom. The van der Waals surface area contributed by atoms with Crippen LogP contribution in [-0.4, -0.2) is 58.3 Å². The second-order valence-electron chi connectivity index (χ2n) is 6.42. The van der Waals surface area contributed by atoms with Gasteiger partial charge in [0.15, 0.2) is 0 Å². The Kier molecular flexibility index (Phi) is 8.34. The molecule has 1 aromatic carbocycles. The average molecular weight is 416 g/mol. The molecule has 1 saturated heterocycles. The molecular formula is C16H25ClF3N3O2S. The number of nitrogens with zero attached hydrogens (tertiary/aromatic N) is 1. The lowest BCUT2D eigenvalue weighted by Crippen LogP contribution is -2.57. The zero-order chi connectivity index (χ0) is 18.7. The van der Waals surface area contributed by atoms with Crippen molar-refractivity contribution in [2.75, 3.05) is 32.7 Å².